The number of fused-ring (bicyclic) bond motifs is 3. The standard InChI is InChI=1S/C12H8N2.C4H6O6.3H2O/c1-3-9-5-6-10-4-2-8-14-12(10)11(9)13-7-1;5-1(3(7)8)2(6)4(9)10;;;/h1-8H;1-2,5-6H,(H,7,8)(H,9,10);3*1H2/t;1-,2-;;;/m.1.../s1. The van der Waals surface area contributed by atoms with Crippen molar-refractivity contribution in [3.05, 3.63) is 48.8 Å². The van der Waals surface area contributed by atoms with Crippen LogP contribution < -0.4 is 0 Å². The van der Waals surface area contributed by atoms with Crippen molar-refractivity contribution in [2.75, 3.05) is 0 Å². The van der Waals surface area contributed by atoms with Gasteiger partial charge in [0.25, 0.3) is 0 Å². The Morgan fingerprint density at radius 3 is 1.33 bits per heavy atom. The Labute approximate surface area is 152 Å². The van der Waals surface area contributed by atoms with E-state index in [1.165, 1.54) is 0 Å². The molecule has 0 bridgehead atoms. The number of aromatic nitrogens is 2. The molecule has 0 unspecified atom stereocenters. The zero-order chi connectivity index (χ0) is 17.7. The fourth-order valence-corrected chi connectivity index (χ4v) is 1.95. The Morgan fingerprint density at radius 1 is 0.704 bits per heavy atom. The molecule has 11 nitrogen and oxygen atoms in total. The molecule has 2 atom stereocenters. The van der Waals surface area contributed by atoms with Crippen molar-refractivity contribution in [1.29, 1.82) is 0 Å². The second-order valence-electron chi connectivity index (χ2n) is 4.78. The van der Waals surface area contributed by atoms with E-state index in [1.807, 2.05) is 12.1 Å². The first-order valence-corrected chi connectivity index (χ1v) is 6.82. The van der Waals surface area contributed by atoms with Gasteiger partial charge in [-0.05, 0) is 12.1 Å². The Kier molecular flexibility index (Phi) is 11.0. The van der Waals surface area contributed by atoms with Crippen LogP contribution in [0.3, 0.4) is 0 Å². The molecule has 0 aliphatic rings. The molecular formula is C16H20N2O9. The SMILES string of the molecule is O.O.O.O=C(O)[C@H](O)[C@@H](O)C(=O)O.c1cnc2c(c1)ccc1cccnc12. The average Bonchev–Trinajstić information content (AvgIpc) is 2.60. The molecule has 0 aliphatic heterocycles. The maximum atomic E-state index is 9.77. The van der Waals surface area contributed by atoms with Crippen molar-refractivity contribution in [3.8, 4) is 0 Å². The van der Waals surface area contributed by atoms with E-state index in [9.17, 15) is 9.59 Å². The fraction of sp³-hybridized carbons (Fsp3) is 0.125. The van der Waals surface area contributed by atoms with Crippen LogP contribution in [0, 0.1) is 0 Å². The fourth-order valence-electron chi connectivity index (χ4n) is 1.95. The summed E-state index contributed by atoms with van der Waals surface area (Å²) >= 11 is 0. The third-order valence-corrected chi connectivity index (χ3v) is 3.15. The molecule has 148 valence electrons. The molecule has 0 aliphatic carbocycles. The number of hydrogen-bond acceptors (Lipinski definition) is 6. The van der Waals surface area contributed by atoms with Crippen LogP contribution in [0.25, 0.3) is 21.8 Å². The third-order valence-electron chi connectivity index (χ3n) is 3.15. The van der Waals surface area contributed by atoms with Gasteiger partial charge < -0.3 is 36.9 Å². The van der Waals surface area contributed by atoms with Gasteiger partial charge in [0, 0.05) is 23.2 Å². The zero-order valence-electron chi connectivity index (χ0n) is 13.8. The van der Waals surface area contributed by atoms with Crippen LogP contribution in [-0.4, -0.2) is 71.0 Å². The van der Waals surface area contributed by atoms with Gasteiger partial charge in [-0.25, -0.2) is 9.59 Å². The summed E-state index contributed by atoms with van der Waals surface area (Å²) in [5.41, 5.74) is 1.95. The molecule has 2 aromatic heterocycles. The predicted octanol–water partition coefficient (Wildman–Crippen LogP) is -1.81. The topological polar surface area (TPSA) is 235 Å². The van der Waals surface area contributed by atoms with Gasteiger partial charge in [0.2, 0.25) is 0 Å². The minimum absolute atomic E-state index is 0. The minimum Gasteiger partial charge on any atom is -0.479 e. The Morgan fingerprint density at radius 2 is 1.04 bits per heavy atom. The molecule has 3 aromatic rings. The van der Waals surface area contributed by atoms with Crippen molar-refractivity contribution >= 4 is 33.7 Å². The molecular weight excluding hydrogens is 364 g/mol. The summed E-state index contributed by atoms with van der Waals surface area (Å²) in [6, 6.07) is 12.1. The molecule has 3 rings (SSSR count). The van der Waals surface area contributed by atoms with Gasteiger partial charge in [0.15, 0.2) is 12.2 Å². The molecule has 1 aromatic carbocycles. The molecule has 2 heterocycles. The summed E-state index contributed by atoms with van der Waals surface area (Å²) in [7, 11) is 0. The van der Waals surface area contributed by atoms with Crippen LogP contribution in [0.15, 0.2) is 48.8 Å². The number of nitrogens with zero attached hydrogens (tertiary/aromatic N) is 2. The van der Waals surface area contributed by atoms with E-state index in [1.54, 1.807) is 12.4 Å². The van der Waals surface area contributed by atoms with Gasteiger partial charge in [-0.3, -0.25) is 9.97 Å². The highest BCUT2D eigenvalue weighted by molar-refractivity contribution is 6.02. The van der Waals surface area contributed by atoms with Crippen LogP contribution in [0.1, 0.15) is 0 Å². The highest BCUT2D eigenvalue weighted by atomic mass is 16.4. The predicted molar refractivity (Wildman–Crippen MR) is 95.2 cm³/mol. The van der Waals surface area contributed by atoms with Crippen molar-refractivity contribution in [1.82, 2.24) is 9.97 Å². The highest BCUT2D eigenvalue weighted by Crippen LogP contribution is 2.20. The van der Waals surface area contributed by atoms with Crippen LogP contribution in [-0.2, 0) is 9.59 Å². The summed E-state index contributed by atoms with van der Waals surface area (Å²) in [6.07, 6.45) is -0.928. The molecule has 0 amide bonds. The summed E-state index contributed by atoms with van der Waals surface area (Å²) in [5, 5.41) is 34.8. The molecule has 27 heavy (non-hydrogen) atoms. The number of hydrogen-bond donors (Lipinski definition) is 4. The van der Waals surface area contributed by atoms with Gasteiger partial charge in [-0.1, -0.05) is 24.3 Å². The number of pyridine rings is 2. The summed E-state index contributed by atoms with van der Waals surface area (Å²) in [4.78, 5) is 28.2. The summed E-state index contributed by atoms with van der Waals surface area (Å²) in [5.74, 6) is -3.54. The zero-order valence-corrected chi connectivity index (χ0v) is 13.8. The number of carbonyl (C=O) groups is 2. The van der Waals surface area contributed by atoms with Crippen LogP contribution in [0.2, 0.25) is 0 Å². The second kappa shape index (κ2) is 11.4. The first kappa shape index (κ1) is 26.0. The van der Waals surface area contributed by atoms with Crippen LogP contribution >= 0.6 is 0 Å². The first-order chi connectivity index (χ1) is 11.4. The first-order valence-electron chi connectivity index (χ1n) is 6.82. The lowest BCUT2D eigenvalue weighted by Gasteiger charge is -2.07. The van der Waals surface area contributed by atoms with E-state index in [-0.39, 0.29) is 16.4 Å². The molecule has 11 heteroatoms. The monoisotopic (exact) mass is 384 g/mol. The highest BCUT2D eigenvalue weighted by Gasteiger charge is 2.29. The van der Waals surface area contributed by atoms with E-state index >= 15 is 0 Å². The normalized spacial score (nSPS) is 11.5. The van der Waals surface area contributed by atoms with E-state index < -0.39 is 24.1 Å². The molecule has 0 saturated carbocycles. The quantitative estimate of drug-likeness (QED) is 0.374. The number of benzene rings is 1. The third kappa shape index (κ3) is 6.22. The lowest BCUT2D eigenvalue weighted by Crippen LogP contribution is -2.39. The van der Waals surface area contributed by atoms with Gasteiger partial charge in [0.1, 0.15) is 0 Å². The molecule has 10 N–H and O–H groups in total. The number of rotatable bonds is 3. The van der Waals surface area contributed by atoms with Gasteiger partial charge >= 0.3 is 11.9 Å². The van der Waals surface area contributed by atoms with Crippen molar-refractivity contribution in [3.63, 3.8) is 0 Å². The summed E-state index contributed by atoms with van der Waals surface area (Å²) < 4.78 is 0. The second-order valence-corrected chi connectivity index (χ2v) is 4.78. The number of aliphatic hydroxyl groups excluding tert-OH is 2. The van der Waals surface area contributed by atoms with Gasteiger partial charge in [-0.15, -0.1) is 0 Å². The molecule has 0 saturated heterocycles. The van der Waals surface area contributed by atoms with E-state index in [4.69, 9.17) is 20.4 Å². The van der Waals surface area contributed by atoms with E-state index in [0.29, 0.717) is 0 Å². The van der Waals surface area contributed by atoms with Crippen molar-refractivity contribution < 1.29 is 46.4 Å². The Balaban J connectivity index is 0. The molecule has 0 fully saturated rings. The van der Waals surface area contributed by atoms with Crippen LogP contribution in [0.5, 0.6) is 0 Å². The average molecular weight is 384 g/mol. The minimum atomic E-state index is -2.27. The van der Waals surface area contributed by atoms with Crippen molar-refractivity contribution in [2.45, 2.75) is 12.2 Å². The van der Waals surface area contributed by atoms with Crippen molar-refractivity contribution in [2.24, 2.45) is 0 Å². The Hall–Kier alpha value is -3.22. The maximum absolute atomic E-state index is 9.77. The molecule has 0 radical (unpaired) electrons. The lowest BCUT2D eigenvalue weighted by molar-refractivity contribution is -0.165. The van der Waals surface area contributed by atoms with Crippen LogP contribution in [0.4, 0.5) is 0 Å². The number of carboxylic acid groups (broad SMARTS) is 2. The van der Waals surface area contributed by atoms with Gasteiger partial charge in [0.05, 0.1) is 11.0 Å². The lowest BCUT2D eigenvalue weighted by atomic mass is 10.1. The Bertz CT molecular complexity index is 815. The van der Waals surface area contributed by atoms with E-state index in [0.717, 1.165) is 21.8 Å². The number of carboxylic acids is 2. The van der Waals surface area contributed by atoms with Gasteiger partial charge in [-0.2, -0.15) is 0 Å². The number of aliphatic carboxylic acids is 2. The van der Waals surface area contributed by atoms with E-state index in [2.05, 4.69) is 34.2 Å². The largest absolute Gasteiger partial charge is 0.479 e. The maximum Gasteiger partial charge on any atom is 0.335 e. The molecule has 0 spiro atoms. The summed E-state index contributed by atoms with van der Waals surface area (Å²) in [6.45, 7) is 0. The smallest absolute Gasteiger partial charge is 0.335 e. The number of aliphatic hydroxyl groups is 2.